The van der Waals surface area contributed by atoms with E-state index in [0.717, 1.165) is 67.4 Å². The molecule has 8 heteroatoms. The van der Waals surface area contributed by atoms with Crippen molar-refractivity contribution in [3.05, 3.63) is 53.6 Å². The Hall–Kier alpha value is -3.31. The fourth-order valence-corrected chi connectivity index (χ4v) is 6.30. The molecule has 5 rings (SSSR count). The summed E-state index contributed by atoms with van der Waals surface area (Å²) in [4.78, 5) is 14.9. The lowest BCUT2D eigenvalue weighted by molar-refractivity contribution is 0.0793. The molecule has 1 saturated carbocycles. The summed E-state index contributed by atoms with van der Waals surface area (Å²) >= 11 is 0. The van der Waals surface area contributed by atoms with E-state index in [4.69, 9.17) is 0 Å². The van der Waals surface area contributed by atoms with E-state index in [0.29, 0.717) is 29.3 Å². The second kappa shape index (κ2) is 9.38. The molecule has 182 valence electrons. The maximum absolute atomic E-state index is 13.0. The molecule has 2 aliphatic rings. The van der Waals surface area contributed by atoms with Crippen molar-refractivity contribution < 1.29 is 13.2 Å². The van der Waals surface area contributed by atoms with Crippen LogP contribution in [0.5, 0.6) is 0 Å². The summed E-state index contributed by atoms with van der Waals surface area (Å²) in [6, 6.07) is 15.7. The van der Waals surface area contributed by atoms with E-state index < -0.39 is 10.0 Å². The Morgan fingerprint density at radius 2 is 1.80 bits per heavy atom. The lowest BCUT2D eigenvalue weighted by Gasteiger charge is -2.30. The van der Waals surface area contributed by atoms with E-state index in [-0.39, 0.29) is 11.7 Å². The zero-order chi connectivity index (χ0) is 24.6. The van der Waals surface area contributed by atoms with Crippen molar-refractivity contribution in [3.63, 3.8) is 0 Å². The molecule has 1 saturated heterocycles. The Kier molecular flexibility index (Phi) is 6.28. The molecule has 0 spiro atoms. The number of benzene rings is 2. The first-order valence-corrected chi connectivity index (χ1v) is 14.1. The van der Waals surface area contributed by atoms with Crippen molar-refractivity contribution >= 4 is 32.5 Å². The molecular formula is C27H30N4O3S. The van der Waals surface area contributed by atoms with Crippen LogP contribution in [-0.4, -0.2) is 42.6 Å². The van der Waals surface area contributed by atoms with Crippen LogP contribution in [0.2, 0.25) is 0 Å². The lowest BCUT2D eigenvalue weighted by Crippen LogP contribution is -2.27. The summed E-state index contributed by atoms with van der Waals surface area (Å²) in [6.45, 7) is 3.39. The van der Waals surface area contributed by atoms with Gasteiger partial charge in [-0.05, 0) is 74.4 Å². The highest BCUT2D eigenvalue weighted by Gasteiger charge is 2.29. The van der Waals surface area contributed by atoms with Gasteiger partial charge in [0.25, 0.3) is 5.91 Å². The first-order chi connectivity index (χ1) is 16.9. The third-order valence-corrected chi connectivity index (χ3v) is 8.59. The Morgan fingerprint density at radius 3 is 2.40 bits per heavy atom. The zero-order valence-electron chi connectivity index (χ0n) is 20.0. The highest BCUT2D eigenvalue weighted by Crippen LogP contribution is 2.43. The van der Waals surface area contributed by atoms with Gasteiger partial charge < -0.3 is 9.47 Å². The van der Waals surface area contributed by atoms with Gasteiger partial charge in [-0.2, -0.15) is 5.26 Å². The van der Waals surface area contributed by atoms with Crippen LogP contribution in [0, 0.1) is 11.3 Å². The number of sulfonamides is 1. The molecule has 2 heterocycles. The molecule has 1 N–H and O–H groups in total. The summed E-state index contributed by atoms with van der Waals surface area (Å²) < 4.78 is 29.2. The minimum absolute atomic E-state index is 0.0231. The van der Waals surface area contributed by atoms with Gasteiger partial charge in [-0.25, -0.2) is 8.42 Å². The quantitative estimate of drug-likeness (QED) is 0.487. The maximum atomic E-state index is 13.0. The van der Waals surface area contributed by atoms with Gasteiger partial charge in [-0.1, -0.05) is 19.1 Å². The highest BCUT2D eigenvalue weighted by atomic mass is 32.2. The predicted octanol–water partition coefficient (Wildman–Crippen LogP) is 5.29. The molecule has 2 aromatic carbocycles. The number of nitrogens with one attached hydrogen (secondary N) is 1. The van der Waals surface area contributed by atoms with Crippen molar-refractivity contribution in [1.29, 1.82) is 5.26 Å². The Balaban J connectivity index is 1.59. The molecular weight excluding hydrogens is 460 g/mol. The van der Waals surface area contributed by atoms with Crippen molar-refractivity contribution in [1.82, 2.24) is 9.47 Å². The van der Waals surface area contributed by atoms with Crippen molar-refractivity contribution in [2.45, 2.75) is 51.5 Å². The largest absolute Gasteiger partial charge is 0.339 e. The molecule has 2 fully saturated rings. The van der Waals surface area contributed by atoms with Crippen molar-refractivity contribution in [3.8, 4) is 17.3 Å². The highest BCUT2D eigenvalue weighted by molar-refractivity contribution is 7.92. The van der Waals surface area contributed by atoms with Crippen LogP contribution in [0.25, 0.3) is 22.2 Å². The monoisotopic (exact) mass is 490 g/mol. The standard InChI is InChI=1S/C27H30N4O3S/c1-2-16-35(33,34)29-21-11-8-19(9-12-21)26-24(18-28)23-17-20(27(32)30-14-3-4-15-30)10-13-25(23)31(26)22-6-5-7-22/h8-13,17,22,29H,2-7,14-16H2,1H3. The molecule has 0 atom stereocenters. The number of nitriles is 1. The minimum Gasteiger partial charge on any atom is -0.339 e. The second-order valence-electron chi connectivity index (χ2n) is 9.52. The molecule has 1 aliphatic carbocycles. The van der Waals surface area contributed by atoms with Gasteiger partial charge in [0.05, 0.1) is 22.5 Å². The molecule has 1 amide bonds. The molecule has 35 heavy (non-hydrogen) atoms. The molecule has 0 unspecified atom stereocenters. The van der Waals surface area contributed by atoms with Gasteiger partial charge in [-0.3, -0.25) is 9.52 Å². The summed E-state index contributed by atoms with van der Waals surface area (Å²) in [5.74, 6) is 0.0943. The second-order valence-corrected chi connectivity index (χ2v) is 11.4. The van der Waals surface area contributed by atoms with E-state index in [1.807, 2.05) is 42.2 Å². The smallest absolute Gasteiger partial charge is 0.253 e. The third-order valence-electron chi connectivity index (χ3n) is 7.10. The average molecular weight is 491 g/mol. The minimum atomic E-state index is -3.38. The van der Waals surface area contributed by atoms with E-state index in [1.54, 1.807) is 12.1 Å². The van der Waals surface area contributed by atoms with Crippen LogP contribution >= 0.6 is 0 Å². The number of amides is 1. The van der Waals surface area contributed by atoms with Gasteiger partial charge in [0.1, 0.15) is 6.07 Å². The number of likely N-dealkylation sites (tertiary alicyclic amines) is 1. The van der Waals surface area contributed by atoms with Crippen molar-refractivity contribution in [2.75, 3.05) is 23.6 Å². The molecule has 1 aliphatic heterocycles. The summed E-state index contributed by atoms with van der Waals surface area (Å²) in [5.41, 5.74) is 4.34. The molecule has 3 aromatic rings. The molecule has 0 radical (unpaired) electrons. The van der Waals surface area contributed by atoms with Crippen LogP contribution in [0.3, 0.4) is 0 Å². The Morgan fingerprint density at radius 1 is 1.09 bits per heavy atom. The number of nitrogens with zero attached hydrogens (tertiary/aromatic N) is 3. The average Bonchev–Trinajstić information content (AvgIpc) is 3.44. The Bertz CT molecular complexity index is 1410. The topological polar surface area (TPSA) is 95.2 Å². The number of carbonyl (C=O) groups is 1. The fourth-order valence-electron chi connectivity index (χ4n) is 5.17. The zero-order valence-corrected chi connectivity index (χ0v) is 20.8. The number of fused-ring (bicyclic) bond motifs is 1. The maximum Gasteiger partial charge on any atom is 0.253 e. The fraction of sp³-hybridized carbons (Fsp3) is 0.407. The van der Waals surface area contributed by atoms with Crippen LogP contribution in [0.4, 0.5) is 5.69 Å². The van der Waals surface area contributed by atoms with Crippen LogP contribution < -0.4 is 4.72 Å². The van der Waals surface area contributed by atoms with Gasteiger partial charge in [-0.15, -0.1) is 0 Å². The first-order valence-electron chi connectivity index (χ1n) is 12.4. The van der Waals surface area contributed by atoms with Gasteiger partial charge in [0, 0.05) is 35.8 Å². The normalized spacial score (nSPS) is 16.3. The number of hydrogen-bond acceptors (Lipinski definition) is 4. The van der Waals surface area contributed by atoms with E-state index in [9.17, 15) is 18.5 Å². The number of aromatic nitrogens is 1. The van der Waals surface area contributed by atoms with Gasteiger partial charge >= 0.3 is 0 Å². The van der Waals surface area contributed by atoms with Crippen molar-refractivity contribution in [2.24, 2.45) is 0 Å². The van der Waals surface area contributed by atoms with Crippen LogP contribution in [-0.2, 0) is 10.0 Å². The molecule has 7 nitrogen and oxygen atoms in total. The third kappa shape index (κ3) is 4.41. The van der Waals surface area contributed by atoms with E-state index >= 15 is 0 Å². The summed E-state index contributed by atoms with van der Waals surface area (Å²) in [7, 11) is -3.38. The molecule has 0 bridgehead atoms. The molecule has 1 aromatic heterocycles. The van der Waals surface area contributed by atoms with E-state index in [2.05, 4.69) is 15.4 Å². The summed E-state index contributed by atoms with van der Waals surface area (Å²) in [5, 5.41) is 11.0. The number of hydrogen-bond donors (Lipinski definition) is 1. The Labute approximate surface area is 206 Å². The first kappa shape index (κ1) is 23.4. The van der Waals surface area contributed by atoms with E-state index in [1.165, 1.54) is 0 Å². The number of anilines is 1. The van der Waals surface area contributed by atoms with Gasteiger partial charge in [0.15, 0.2) is 0 Å². The SMILES string of the molecule is CCCS(=O)(=O)Nc1ccc(-c2c(C#N)c3cc(C(=O)N4CCCC4)ccc3n2C2CCC2)cc1. The van der Waals surface area contributed by atoms with Gasteiger partial charge in [0.2, 0.25) is 10.0 Å². The summed E-state index contributed by atoms with van der Waals surface area (Å²) in [6.07, 6.45) is 5.85. The number of rotatable bonds is 7. The van der Waals surface area contributed by atoms with Crippen LogP contribution in [0.1, 0.15) is 67.4 Å². The van der Waals surface area contributed by atoms with Crippen LogP contribution in [0.15, 0.2) is 42.5 Å². The lowest BCUT2D eigenvalue weighted by atomic mass is 9.92. The predicted molar refractivity (Wildman–Crippen MR) is 138 cm³/mol. The number of carbonyl (C=O) groups excluding carboxylic acids is 1.